The highest BCUT2D eigenvalue weighted by atomic mass is 32.2. The molecule has 4 rings (SSSR count). The molecule has 0 amide bonds. The molecule has 0 saturated carbocycles. The van der Waals surface area contributed by atoms with Crippen LogP contribution < -0.4 is 5.32 Å². The van der Waals surface area contributed by atoms with Crippen molar-refractivity contribution in [1.29, 1.82) is 0 Å². The van der Waals surface area contributed by atoms with E-state index in [1.165, 1.54) is 0 Å². The molecule has 0 aromatic heterocycles. The zero-order valence-electron chi connectivity index (χ0n) is 15.7. The van der Waals surface area contributed by atoms with Crippen molar-refractivity contribution < 1.29 is 8.42 Å². The van der Waals surface area contributed by atoms with E-state index in [0.29, 0.717) is 18.0 Å². The van der Waals surface area contributed by atoms with Gasteiger partial charge in [0.2, 0.25) is 10.0 Å². The van der Waals surface area contributed by atoms with E-state index in [1.54, 1.807) is 16.4 Å². The molecule has 0 spiro atoms. The molecule has 144 valence electrons. The van der Waals surface area contributed by atoms with E-state index < -0.39 is 10.0 Å². The van der Waals surface area contributed by atoms with Gasteiger partial charge in [-0.2, -0.15) is 4.31 Å². The van der Waals surface area contributed by atoms with Gasteiger partial charge in [-0.1, -0.05) is 60.7 Å². The summed E-state index contributed by atoms with van der Waals surface area (Å²) in [7, 11) is -3.38. The second-order valence-corrected chi connectivity index (χ2v) is 8.97. The van der Waals surface area contributed by atoms with Gasteiger partial charge in [-0.05, 0) is 48.2 Å². The van der Waals surface area contributed by atoms with Gasteiger partial charge in [0.25, 0.3) is 0 Å². The third-order valence-corrected chi connectivity index (χ3v) is 7.05. The van der Waals surface area contributed by atoms with Crippen molar-refractivity contribution in [1.82, 2.24) is 4.31 Å². The predicted octanol–water partition coefficient (Wildman–Crippen LogP) is 4.67. The maximum absolute atomic E-state index is 12.7. The zero-order valence-corrected chi connectivity index (χ0v) is 16.5. The van der Waals surface area contributed by atoms with Gasteiger partial charge in [0.1, 0.15) is 0 Å². The fourth-order valence-corrected chi connectivity index (χ4v) is 5.13. The van der Waals surface area contributed by atoms with Crippen LogP contribution in [0.2, 0.25) is 0 Å². The lowest BCUT2D eigenvalue weighted by Gasteiger charge is -2.21. The molecular weight excluding hydrogens is 368 g/mol. The van der Waals surface area contributed by atoms with Crippen LogP contribution in [0.3, 0.4) is 0 Å². The minimum absolute atomic E-state index is 0.0107. The van der Waals surface area contributed by atoms with Crippen molar-refractivity contribution in [2.75, 3.05) is 18.4 Å². The summed E-state index contributed by atoms with van der Waals surface area (Å²) in [5.41, 5.74) is 3.20. The second kappa shape index (κ2) is 8.17. The summed E-state index contributed by atoms with van der Waals surface area (Å²) < 4.78 is 27.0. The average Bonchev–Trinajstić information content (AvgIpc) is 3.30. The Kier molecular flexibility index (Phi) is 5.46. The van der Waals surface area contributed by atoms with Crippen LogP contribution >= 0.6 is 0 Å². The molecule has 4 nitrogen and oxygen atoms in total. The predicted molar refractivity (Wildman–Crippen MR) is 113 cm³/mol. The first-order valence-corrected chi connectivity index (χ1v) is 11.1. The Balaban J connectivity index is 1.59. The van der Waals surface area contributed by atoms with E-state index in [-0.39, 0.29) is 6.04 Å². The van der Waals surface area contributed by atoms with Crippen molar-refractivity contribution in [3.05, 3.63) is 96.1 Å². The van der Waals surface area contributed by atoms with Crippen LogP contribution in [-0.2, 0) is 10.0 Å². The molecule has 5 heteroatoms. The Bertz CT molecular complexity index is 958. The van der Waals surface area contributed by atoms with Gasteiger partial charge in [-0.15, -0.1) is 0 Å². The fourth-order valence-electron chi connectivity index (χ4n) is 3.62. The van der Waals surface area contributed by atoms with Crippen LogP contribution in [-0.4, -0.2) is 25.8 Å². The standard InChI is InChI=1S/C23H24N2O2S/c26-28(27,25-17-7-8-18-25)22-15-13-21(14-16-22)24-23(19-9-3-1-4-10-19)20-11-5-2-6-12-20/h1-6,9-16,23-24H,7-8,17-18H2. The molecule has 3 aromatic carbocycles. The van der Waals surface area contributed by atoms with Gasteiger partial charge in [0, 0.05) is 18.8 Å². The highest BCUT2D eigenvalue weighted by Crippen LogP contribution is 2.28. The molecule has 1 N–H and O–H groups in total. The zero-order chi connectivity index (χ0) is 19.4. The first-order valence-electron chi connectivity index (χ1n) is 9.61. The van der Waals surface area contributed by atoms with Gasteiger partial charge in [0.05, 0.1) is 10.9 Å². The Hall–Kier alpha value is -2.63. The maximum Gasteiger partial charge on any atom is 0.243 e. The van der Waals surface area contributed by atoms with Crippen molar-refractivity contribution in [3.8, 4) is 0 Å². The minimum Gasteiger partial charge on any atom is -0.374 e. The third-order valence-electron chi connectivity index (χ3n) is 5.13. The van der Waals surface area contributed by atoms with Crippen LogP contribution in [0.15, 0.2) is 89.8 Å². The topological polar surface area (TPSA) is 49.4 Å². The summed E-state index contributed by atoms with van der Waals surface area (Å²) in [4.78, 5) is 0.357. The first kappa shape index (κ1) is 18.7. The van der Waals surface area contributed by atoms with E-state index in [2.05, 4.69) is 29.6 Å². The molecule has 0 unspecified atom stereocenters. The minimum atomic E-state index is -3.38. The Labute approximate surface area is 166 Å². The monoisotopic (exact) mass is 392 g/mol. The van der Waals surface area contributed by atoms with E-state index in [4.69, 9.17) is 0 Å². The first-order chi connectivity index (χ1) is 13.6. The van der Waals surface area contributed by atoms with Gasteiger partial charge in [-0.3, -0.25) is 0 Å². The molecule has 0 atom stereocenters. The summed E-state index contributed by atoms with van der Waals surface area (Å²) in [5.74, 6) is 0. The van der Waals surface area contributed by atoms with E-state index in [9.17, 15) is 8.42 Å². The molecule has 3 aromatic rings. The molecule has 1 aliphatic heterocycles. The summed E-state index contributed by atoms with van der Waals surface area (Å²) in [6.07, 6.45) is 1.88. The van der Waals surface area contributed by atoms with Crippen LogP contribution in [0.25, 0.3) is 0 Å². The quantitative estimate of drug-likeness (QED) is 0.663. The molecule has 1 fully saturated rings. The SMILES string of the molecule is O=S(=O)(c1ccc(NC(c2ccccc2)c2ccccc2)cc1)N1CCCC1. The third kappa shape index (κ3) is 3.96. The molecule has 0 aliphatic carbocycles. The van der Waals surface area contributed by atoms with Crippen LogP contribution in [0.4, 0.5) is 5.69 Å². The van der Waals surface area contributed by atoms with Gasteiger partial charge in [-0.25, -0.2) is 8.42 Å². The molecule has 28 heavy (non-hydrogen) atoms. The van der Waals surface area contributed by atoms with Crippen LogP contribution in [0.1, 0.15) is 30.0 Å². The average molecular weight is 393 g/mol. The number of benzene rings is 3. The second-order valence-electron chi connectivity index (χ2n) is 7.03. The number of nitrogens with zero attached hydrogens (tertiary/aromatic N) is 1. The lowest BCUT2D eigenvalue weighted by molar-refractivity contribution is 0.477. The molecule has 1 saturated heterocycles. The van der Waals surface area contributed by atoms with Crippen molar-refractivity contribution in [3.63, 3.8) is 0 Å². The number of anilines is 1. The summed E-state index contributed by atoms with van der Waals surface area (Å²) in [5, 5.41) is 3.55. The molecular formula is C23H24N2O2S. The summed E-state index contributed by atoms with van der Waals surface area (Å²) in [6, 6.07) is 27.6. The lowest BCUT2D eigenvalue weighted by Crippen LogP contribution is -2.27. The Morgan fingerprint density at radius 3 is 1.71 bits per heavy atom. The number of nitrogens with one attached hydrogen (secondary N) is 1. The van der Waals surface area contributed by atoms with E-state index in [1.807, 2.05) is 48.5 Å². The number of rotatable bonds is 6. The number of hydrogen-bond acceptors (Lipinski definition) is 3. The highest BCUT2D eigenvalue weighted by Gasteiger charge is 2.27. The maximum atomic E-state index is 12.7. The van der Waals surface area contributed by atoms with Crippen LogP contribution in [0.5, 0.6) is 0 Å². The van der Waals surface area contributed by atoms with E-state index >= 15 is 0 Å². The van der Waals surface area contributed by atoms with Crippen LogP contribution in [0, 0.1) is 0 Å². The fraction of sp³-hybridized carbons (Fsp3) is 0.217. The van der Waals surface area contributed by atoms with Gasteiger partial charge < -0.3 is 5.32 Å². The molecule has 0 radical (unpaired) electrons. The van der Waals surface area contributed by atoms with Crippen molar-refractivity contribution >= 4 is 15.7 Å². The molecule has 0 bridgehead atoms. The largest absolute Gasteiger partial charge is 0.374 e. The lowest BCUT2D eigenvalue weighted by atomic mass is 9.98. The summed E-state index contributed by atoms with van der Waals surface area (Å²) >= 11 is 0. The highest BCUT2D eigenvalue weighted by molar-refractivity contribution is 7.89. The van der Waals surface area contributed by atoms with E-state index in [0.717, 1.165) is 29.7 Å². The van der Waals surface area contributed by atoms with Crippen molar-refractivity contribution in [2.24, 2.45) is 0 Å². The Morgan fingerprint density at radius 1 is 0.714 bits per heavy atom. The smallest absolute Gasteiger partial charge is 0.243 e. The van der Waals surface area contributed by atoms with Gasteiger partial charge >= 0.3 is 0 Å². The van der Waals surface area contributed by atoms with Crippen molar-refractivity contribution in [2.45, 2.75) is 23.8 Å². The normalized spacial score (nSPS) is 15.0. The summed E-state index contributed by atoms with van der Waals surface area (Å²) in [6.45, 7) is 1.23. The number of sulfonamides is 1. The Morgan fingerprint density at radius 2 is 1.21 bits per heavy atom. The van der Waals surface area contributed by atoms with Gasteiger partial charge in [0.15, 0.2) is 0 Å². The molecule has 1 aliphatic rings. The molecule has 1 heterocycles. The number of hydrogen-bond donors (Lipinski definition) is 1.